The van der Waals surface area contributed by atoms with Gasteiger partial charge in [-0.3, -0.25) is 0 Å². The van der Waals surface area contributed by atoms with Gasteiger partial charge in [0.05, 0.1) is 0 Å². The van der Waals surface area contributed by atoms with Crippen molar-refractivity contribution in [3.8, 4) is 0 Å². The van der Waals surface area contributed by atoms with E-state index in [0.717, 1.165) is 0 Å². The third-order valence-corrected chi connectivity index (χ3v) is 2.13. The van der Waals surface area contributed by atoms with Crippen molar-refractivity contribution in [2.45, 2.75) is 38.0 Å². The van der Waals surface area contributed by atoms with Crippen LogP contribution in [0.4, 0.5) is 26.3 Å². The van der Waals surface area contributed by atoms with Crippen LogP contribution >= 0.6 is 0 Å². The Kier molecular flexibility index (Phi) is 2.83. The summed E-state index contributed by atoms with van der Waals surface area (Å²) in [6, 6.07) is 0. The van der Waals surface area contributed by atoms with Crippen LogP contribution in [0.2, 0.25) is 0 Å². The molecular formula is C8H8F6. The van der Waals surface area contributed by atoms with Gasteiger partial charge in [-0.2, -0.15) is 26.3 Å². The average molecular weight is 218 g/mol. The number of hydrogen-bond donors (Lipinski definition) is 0. The Morgan fingerprint density at radius 1 is 0.786 bits per heavy atom. The third-order valence-electron chi connectivity index (χ3n) is 2.13. The summed E-state index contributed by atoms with van der Waals surface area (Å²) in [7, 11) is 0. The second-order valence-electron chi connectivity index (χ2n) is 3.18. The fourth-order valence-corrected chi connectivity index (χ4v) is 1.61. The molecule has 0 atom stereocenters. The Bertz CT molecular complexity index is 220. The molecule has 1 rings (SSSR count). The zero-order chi connectivity index (χ0) is 11.0. The van der Waals surface area contributed by atoms with Crippen LogP contribution in [0.3, 0.4) is 0 Å². The predicted octanol–water partition coefficient (Wildman–Crippen LogP) is 3.98. The van der Waals surface area contributed by atoms with Crippen LogP contribution in [-0.2, 0) is 0 Å². The van der Waals surface area contributed by atoms with Gasteiger partial charge in [0, 0.05) is 0 Å². The SMILES string of the molecule is FC(F)(F)C(=C1CCCC1)C(F)(F)F. The molecule has 82 valence electrons. The van der Waals surface area contributed by atoms with E-state index in [1.165, 1.54) is 0 Å². The fraction of sp³-hybridized carbons (Fsp3) is 0.750. The normalized spacial score (nSPS) is 18.9. The van der Waals surface area contributed by atoms with E-state index in [0.29, 0.717) is 12.8 Å². The predicted molar refractivity (Wildman–Crippen MR) is 37.6 cm³/mol. The average Bonchev–Trinajstić information content (AvgIpc) is 2.31. The van der Waals surface area contributed by atoms with Crippen LogP contribution in [0.15, 0.2) is 11.1 Å². The minimum absolute atomic E-state index is 0.0889. The molecule has 0 spiro atoms. The summed E-state index contributed by atoms with van der Waals surface area (Å²) in [5.74, 6) is 0. The first kappa shape index (κ1) is 11.4. The lowest BCUT2D eigenvalue weighted by Gasteiger charge is -2.17. The van der Waals surface area contributed by atoms with Gasteiger partial charge < -0.3 is 0 Å². The summed E-state index contributed by atoms with van der Waals surface area (Å²) in [5.41, 5.74) is -2.78. The highest BCUT2D eigenvalue weighted by Gasteiger charge is 2.52. The first-order valence-electron chi connectivity index (χ1n) is 4.09. The highest BCUT2D eigenvalue weighted by atomic mass is 19.4. The molecule has 1 aliphatic carbocycles. The molecule has 0 nitrogen and oxygen atoms in total. The van der Waals surface area contributed by atoms with Gasteiger partial charge in [0.1, 0.15) is 5.57 Å². The van der Waals surface area contributed by atoms with Crippen molar-refractivity contribution in [2.75, 3.05) is 0 Å². The summed E-state index contributed by atoms with van der Waals surface area (Å²) in [6.45, 7) is 0. The minimum atomic E-state index is -5.28. The van der Waals surface area contributed by atoms with Crippen molar-refractivity contribution >= 4 is 0 Å². The van der Waals surface area contributed by atoms with Crippen LogP contribution in [0.5, 0.6) is 0 Å². The van der Waals surface area contributed by atoms with Gasteiger partial charge in [0.25, 0.3) is 0 Å². The molecule has 1 fully saturated rings. The Morgan fingerprint density at radius 3 is 1.43 bits per heavy atom. The van der Waals surface area contributed by atoms with Gasteiger partial charge >= 0.3 is 12.4 Å². The lowest BCUT2D eigenvalue weighted by atomic mass is 10.1. The van der Waals surface area contributed by atoms with Crippen LogP contribution < -0.4 is 0 Å². The van der Waals surface area contributed by atoms with Crippen molar-refractivity contribution in [1.29, 1.82) is 0 Å². The molecule has 0 amide bonds. The second-order valence-corrected chi connectivity index (χ2v) is 3.18. The van der Waals surface area contributed by atoms with Crippen LogP contribution in [0.1, 0.15) is 25.7 Å². The molecule has 0 unspecified atom stereocenters. The van der Waals surface area contributed by atoms with Crippen molar-refractivity contribution in [1.82, 2.24) is 0 Å². The van der Waals surface area contributed by atoms with Crippen LogP contribution in [0, 0.1) is 0 Å². The Morgan fingerprint density at radius 2 is 1.14 bits per heavy atom. The molecule has 0 aromatic heterocycles. The molecule has 6 heteroatoms. The zero-order valence-corrected chi connectivity index (χ0v) is 7.10. The number of halogens is 6. The molecule has 0 aliphatic heterocycles. The molecule has 1 aliphatic rings. The van der Waals surface area contributed by atoms with Crippen molar-refractivity contribution in [3.05, 3.63) is 11.1 Å². The van der Waals surface area contributed by atoms with E-state index >= 15 is 0 Å². The van der Waals surface area contributed by atoms with Gasteiger partial charge in [0.15, 0.2) is 0 Å². The maximum atomic E-state index is 12.1. The molecule has 0 saturated heterocycles. The smallest absolute Gasteiger partial charge is 0.166 e. The van der Waals surface area contributed by atoms with E-state index in [4.69, 9.17) is 0 Å². The van der Waals surface area contributed by atoms with Gasteiger partial charge in [-0.05, 0) is 25.7 Å². The Labute approximate surface area is 76.6 Å². The summed E-state index contributed by atoms with van der Waals surface area (Å²) in [6.07, 6.45) is -9.92. The van der Waals surface area contributed by atoms with Crippen molar-refractivity contribution in [2.24, 2.45) is 0 Å². The van der Waals surface area contributed by atoms with Crippen molar-refractivity contribution in [3.63, 3.8) is 0 Å². The molecule has 1 saturated carbocycles. The van der Waals surface area contributed by atoms with E-state index in [9.17, 15) is 26.3 Å². The Hall–Kier alpha value is -0.680. The topological polar surface area (TPSA) is 0 Å². The van der Waals surface area contributed by atoms with Crippen LogP contribution in [0.25, 0.3) is 0 Å². The number of hydrogen-bond acceptors (Lipinski definition) is 0. The molecule has 0 N–H and O–H groups in total. The van der Waals surface area contributed by atoms with E-state index in [-0.39, 0.29) is 12.8 Å². The maximum Gasteiger partial charge on any atom is 0.421 e. The zero-order valence-electron chi connectivity index (χ0n) is 7.10. The maximum absolute atomic E-state index is 12.1. The first-order valence-corrected chi connectivity index (χ1v) is 4.09. The summed E-state index contributed by atoms with van der Waals surface area (Å²) in [5, 5.41) is 0. The molecule has 0 heterocycles. The monoisotopic (exact) mass is 218 g/mol. The van der Waals surface area contributed by atoms with Crippen LogP contribution in [-0.4, -0.2) is 12.4 Å². The van der Waals surface area contributed by atoms with Gasteiger partial charge in [-0.15, -0.1) is 0 Å². The van der Waals surface area contributed by atoms with E-state index < -0.39 is 23.5 Å². The number of allylic oxidation sites excluding steroid dienone is 2. The highest BCUT2D eigenvalue weighted by Crippen LogP contribution is 2.44. The molecule has 0 aromatic carbocycles. The van der Waals surface area contributed by atoms with Gasteiger partial charge in [-0.1, -0.05) is 5.57 Å². The lowest BCUT2D eigenvalue weighted by molar-refractivity contribution is -0.173. The number of alkyl halides is 6. The number of rotatable bonds is 0. The molecule has 14 heavy (non-hydrogen) atoms. The lowest BCUT2D eigenvalue weighted by Crippen LogP contribution is -2.27. The largest absolute Gasteiger partial charge is 0.421 e. The summed E-state index contributed by atoms with van der Waals surface area (Å²) in [4.78, 5) is 0. The van der Waals surface area contributed by atoms with E-state index in [1.807, 2.05) is 0 Å². The second kappa shape index (κ2) is 3.47. The Balaban J connectivity index is 3.11. The first-order chi connectivity index (χ1) is 6.23. The van der Waals surface area contributed by atoms with E-state index in [1.54, 1.807) is 0 Å². The van der Waals surface area contributed by atoms with Crippen molar-refractivity contribution < 1.29 is 26.3 Å². The highest BCUT2D eigenvalue weighted by molar-refractivity contribution is 5.25. The molecular weight excluding hydrogens is 210 g/mol. The fourth-order valence-electron chi connectivity index (χ4n) is 1.61. The van der Waals surface area contributed by atoms with E-state index in [2.05, 4.69) is 0 Å². The molecule has 0 aromatic rings. The quantitative estimate of drug-likeness (QED) is 0.426. The standard InChI is InChI=1S/C8H8F6/c9-7(10,11)6(8(12,13)14)5-3-1-2-4-5/h1-4H2. The molecule has 0 bridgehead atoms. The van der Waals surface area contributed by atoms with Gasteiger partial charge in [0.2, 0.25) is 0 Å². The molecule has 0 radical (unpaired) electrons. The summed E-state index contributed by atoms with van der Waals surface area (Å²) >= 11 is 0. The van der Waals surface area contributed by atoms with Gasteiger partial charge in [-0.25, -0.2) is 0 Å². The summed E-state index contributed by atoms with van der Waals surface area (Å²) < 4.78 is 72.5. The minimum Gasteiger partial charge on any atom is -0.166 e. The third kappa shape index (κ3) is 2.42.